The zero-order valence-corrected chi connectivity index (χ0v) is 19.8. The van der Waals surface area contributed by atoms with Crippen molar-refractivity contribution in [3.63, 3.8) is 0 Å². The lowest BCUT2D eigenvalue weighted by molar-refractivity contribution is -0.133. The molecule has 0 radical (unpaired) electrons. The number of nitrogens with one attached hydrogen (secondary N) is 4. The van der Waals surface area contributed by atoms with Gasteiger partial charge in [-0.1, -0.05) is 30.3 Å². The number of hydrogen-bond donors (Lipinski definition) is 6. The number of carbonyl (C=O) groups excluding carboxylic acids is 3. The van der Waals surface area contributed by atoms with Gasteiger partial charge in [0.25, 0.3) is 11.8 Å². The van der Waals surface area contributed by atoms with Crippen LogP contribution in [-0.4, -0.2) is 58.3 Å². The van der Waals surface area contributed by atoms with Crippen LogP contribution in [0, 0.1) is 0 Å². The van der Waals surface area contributed by atoms with E-state index in [0.717, 1.165) is 23.1 Å². The van der Waals surface area contributed by atoms with Gasteiger partial charge in [0.1, 0.15) is 6.04 Å². The maximum Gasteiger partial charge on any atom is 0.268 e. The first kappa shape index (κ1) is 26.5. The normalized spacial score (nSPS) is 12.3. The lowest BCUT2D eigenvalue weighted by Crippen LogP contribution is -2.51. The summed E-state index contributed by atoms with van der Waals surface area (Å²) in [5.74, 6) is -1.62. The van der Waals surface area contributed by atoms with Gasteiger partial charge in [0, 0.05) is 23.6 Å². The first-order valence-electron chi connectivity index (χ1n) is 11.4. The van der Waals surface area contributed by atoms with Gasteiger partial charge in [0.15, 0.2) is 0 Å². The van der Waals surface area contributed by atoms with Crippen molar-refractivity contribution in [3.05, 3.63) is 84.2 Å². The lowest BCUT2D eigenvalue weighted by atomic mass is 10.0. The van der Waals surface area contributed by atoms with Crippen molar-refractivity contribution < 1.29 is 24.7 Å². The third-order valence-electron chi connectivity index (χ3n) is 5.41. The Hall–Kier alpha value is -4.12. The molecule has 3 rings (SSSR count). The maximum absolute atomic E-state index is 12.4. The maximum atomic E-state index is 12.4. The van der Waals surface area contributed by atoms with Crippen molar-refractivity contribution >= 4 is 23.4 Å². The summed E-state index contributed by atoms with van der Waals surface area (Å²) in [7, 11) is 0. The monoisotopic (exact) mass is 491 g/mol. The van der Waals surface area contributed by atoms with E-state index in [2.05, 4.69) is 20.9 Å². The van der Waals surface area contributed by atoms with E-state index in [-0.39, 0.29) is 18.0 Å². The SMILES string of the molecule is C[C@@H](O)[C@H](NC(=O)c1ccc(-c2ccc(NC(=O)CNCCc3cccnc3)cc2)cc1)C(=O)NO. The molecule has 2 aromatic carbocycles. The zero-order chi connectivity index (χ0) is 25.9. The van der Waals surface area contributed by atoms with Crippen molar-refractivity contribution in [2.75, 3.05) is 18.4 Å². The highest BCUT2D eigenvalue weighted by Crippen LogP contribution is 2.22. The van der Waals surface area contributed by atoms with Gasteiger partial charge >= 0.3 is 0 Å². The minimum atomic E-state index is -1.29. The van der Waals surface area contributed by atoms with E-state index in [1.54, 1.807) is 48.8 Å². The van der Waals surface area contributed by atoms with Crippen LogP contribution in [-0.2, 0) is 16.0 Å². The predicted molar refractivity (Wildman–Crippen MR) is 134 cm³/mol. The van der Waals surface area contributed by atoms with E-state index in [4.69, 9.17) is 5.21 Å². The molecule has 10 heteroatoms. The van der Waals surface area contributed by atoms with E-state index in [1.807, 2.05) is 24.3 Å². The number of rotatable bonds is 11. The molecular weight excluding hydrogens is 462 g/mol. The highest BCUT2D eigenvalue weighted by molar-refractivity contribution is 5.98. The fourth-order valence-corrected chi connectivity index (χ4v) is 3.45. The average molecular weight is 492 g/mol. The summed E-state index contributed by atoms with van der Waals surface area (Å²) in [4.78, 5) is 40.3. The largest absolute Gasteiger partial charge is 0.391 e. The summed E-state index contributed by atoms with van der Waals surface area (Å²) in [6.07, 6.45) is 3.12. The Morgan fingerprint density at radius 3 is 2.22 bits per heavy atom. The molecule has 0 aliphatic carbocycles. The van der Waals surface area contributed by atoms with E-state index >= 15 is 0 Å². The molecule has 188 valence electrons. The van der Waals surface area contributed by atoms with Gasteiger partial charge < -0.3 is 21.1 Å². The number of aliphatic hydroxyl groups excluding tert-OH is 1. The Bertz CT molecular complexity index is 1150. The van der Waals surface area contributed by atoms with E-state index in [0.29, 0.717) is 12.2 Å². The number of aliphatic hydroxyl groups is 1. The third kappa shape index (κ3) is 7.70. The Morgan fingerprint density at radius 1 is 0.972 bits per heavy atom. The summed E-state index contributed by atoms with van der Waals surface area (Å²) in [5.41, 5.74) is 5.22. The van der Waals surface area contributed by atoms with Crippen LogP contribution in [0.1, 0.15) is 22.8 Å². The van der Waals surface area contributed by atoms with Gasteiger partial charge in [0.05, 0.1) is 12.6 Å². The molecule has 3 amide bonds. The van der Waals surface area contributed by atoms with Gasteiger partial charge in [-0.25, -0.2) is 5.48 Å². The predicted octanol–water partition coefficient (Wildman–Crippen LogP) is 1.50. The second-order valence-corrected chi connectivity index (χ2v) is 8.16. The molecule has 6 N–H and O–H groups in total. The number of pyridine rings is 1. The molecular formula is C26H29N5O5. The number of anilines is 1. The summed E-state index contributed by atoms with van der Waals surface area (Å²) in [6.45, 7) is 2.19. The van der Waals surface area contributed by atoms with Crippen LogP contribution in [0.5, 0.6) is 0 Å². The van der Waals surface area contributed by atoms with Crippen molar-refractivity contribution in [1.82, 2.24) is 21.1 Å². The van der Waals surface area contributed by atoms with Crippen LogP contribution in [0.3, 0.4) is 0 Å². The van der Waals surface area contributed by atoms with Gasteiger partial charge in [-0.05, 0) is 66.9 Å². The zero-order valence-electron chi connectivity index (χ0n) is 19.8. The van der Waals surface area contributed by atoms with Crippen LogP contribution in [0.2, 0.25) is 0 Å². The quantitative estimate of drug-likeness (QED) is 0.135. The van der Waals surface area contributed by atoms with Gasteiger partial charge in [0.2, 0.25) is 5.91 Å². The smallest absolute Gasteiger partial charge is 0.268 e. The van der Waals surface area contributed by atoms with E-state index in [1.165, 1.54) is 12.4 Å². The van der Waals surface area contributed by atoms with Crippen molar-refractivity contribution in [2.45, 2.75) is 25.5 Å². The molecule has 0 unspecified atom stereocenters. The summed E-state index contributed by atoms with van der Waals surface area (Å²) >= 11 is 0. The number of carbonyl (C=O) groups is 3. The minimum Gasteiger partial charge on any atom is -0.391 e. The topological polar surface area (TPSA) is 153 Å². The number of benzene rings is 2. The first-order chi connectivity index (χ1) is 17.4. The fourth-order valence-electron chi connectivity index (χ4n) is 3.45. The molecule has 0 aliphatic rings. The first-order valence-corrected chi connectivity index (χ1v) is 11.4. The Morgan fingerprint density at radius 2 is 1.64 bits per heavy atom. The Labute approximate surface area is 208 Å². The lowest BCUT2D eigenvalue weighted by Gasteiger charge is -2.19. The number of nitrogens with zero attached hydrogens (tertiary/aromatic N) is 1. The molecule has 0 fully saturated rings. The van der Waals surface area contributed by atoms with Crippen LogP contribution >= 0.6 is 0 Å². The third-order valence-corrected chi connectivity index (χ3v) is 5.41. The van der Waals surface area contributed by atoms with Gasteiger partial charge in [-0.2, -0.15) is 0 Å². The number of hydroxylamine groups is 1. The molecule has 1 aromatic heterocycles. The van der Waals surface area contributed by atoms with E-state index in [9.17, 15) is 19.5 Å². The van der Waals surface area contributed by atoms with Gasteiger partial charge in [-0.3, -0.25) is 24.6 Å². The molecule has 0 saturated heterocycles. The second kappa shape index (κ2) is 13.1. The average Bonchev–Trinajstić information content (AvgIpc) is 2.90. The number of amides is 3. The molecule has 0 spiro atoms. The van der Waals surface area contributed by atoms with Crippen LogP contribution < -0.4 is 21.4 Å². The second-order valence-electron chi connectivity index (χ2n) is 8.16. The number of aromatic nitrogens is 1. The highest BCUT2D eigenvalue weighted by atomic mass is 16.5. The molecule has 36 heavy (non-hydrogen) atoms. The summed E-state index contributed by atoms with van der Waals surface area (Å²) in [5, 5.41) is 26.8. The minimum absolute atomic E-state index is 0.144. The molecule has 0 bridgehead atoms. The molecule has 1 heterocycles. The fraction of sp³-hybridized carbons (Fsp3) is 0.231. The van der Waals surface area contributed by atoms with Crippen LogP contribution in [0.25, 0.3) is 11.1 Å². The standard InChI is InChI=1S/C26H29N5O5/c1-17(32)24(26(35)31-36)30-25(34)21-6-4-19(5-7-21)20-8-10-22(11-9-20)29-23(33)16-28-14-12-18-3-2-13-27-15-18/h2-11,13,15,17,24,28,32,36H,12,14,16H2,1H3,(H,29,33)(H,30,34)(H,31,35)/t17-,24+/m1/s1. The molecule has 10 nitrogen and oxygen atoms in total. The molecule has 3 aromatic rings. The molecule has 0 aliphatic heterocycles. The highest BCUT2D eigenvalue weighted by Gasteiger charge is 2.25. The van der Waals surface area contributed by atoms with Crippen molar-refractivity contribution in [2.24, 2.45) is 0 Å². The summed E-state index contributed by atoms with van der Waals surface area (Å²) < 4.78 is 0. The number of hydrogen-bond acceptors (Lipinski definition) is 7. The van der Waals surface area contributed by atoms with Crippen molar-refractivity contribution in [1.29, 1.82) is 0 Å². The van der Waals surface area contributed by atoms with Gasteiger partial charge in [-0.15, -0.1) is 0 Å². The van der Waals surface area contributed by atoms with E-state index < -0.39 is 24.0 Å². The molecule has 2 atom stereocenters. The van der Waals surface area contributed by atoms with Crippen LogP contribution in [0.15, 0.2) is 73.1 Å². The Balaban J connectivity index is 1.50. The Kier molecular flexibility index (Phi) is 9.64. The molecule has 0 saturated carbocycles. The van der Waals surface area contributed by atoms with Crippen LogP contribution in [0.4, 0.5) is 5.69 Å². The summed E-state index contributed by atoms with van der Waals surface area (Å²) in [6, 6.07) is 16.6. The van der Waals surface area contributed by atoms with Crippen molar-refractivity contribution in [3.8, 4) is 11.1 Å².